The normalized spacial score (nSPS) is 16.5. The Hall–Kier alpha value is -3.38. The van der Waals surface area contributed by atoms with E-state index in [9.17, 15) is 9.59 Å². The fraction of sp³-hybridized carbons (Fsp3) is 0.357. The van der Waals surface area contributed by atoms with Crippen LogP contribution in [-0.2, 0) is 24.2 Å². The van der Waals surface area contributed by atoms with E-state index < -0.39 is 5.97 Å². The lowest BCUT2D eigenvalue weighted by atomic mass is 10.0. The highest BCUT2D eigenvalue weighted by molar-refractivity contribution is 5.85. The van der Waals surface area contributed by atoms with Crippen LogP contribution in [0, 0.1) is 0 Å². The minimum Gasteiger partial charge on any atom is -0.478 e. The third-order valence-electron chi connectivity index (χ3n) is 6.74. The number of aliphatic carboxylic acids is 1. The number of hydrogen-bond acceptors (Lipinski definition) is 3. The fourth-order valence-electron chi connectivity index (χ4n) is 5.17. The Morgan fingerprint density at radius 2 is 1.82 bits per heavy atom. The third-order valence-corrected chi connectivity index (χ3v) is 6.74. The lowest BCUT2D eigenvalue weighted by Crippen LogP contribution is -2.28. The summed E-state index contributed by atoms with van der Waals surface area (Å²) < 4.78 is 3.96. The molecule has 2 aromatic carbocycles. The molecule has 2 heterocycles. The lowest BCUT2D eigenvalue weighted by molar-refractivity contribution is -0.131. The highest BCUT2D eigenvalue weighted by atomic mass is 16.4. The number of carbonyl (C=O) groups is 1. The monoisotopic (exact) mass is 459 g/mol. The molecule has 1 saturated heterocycles. The van der Waals surface area contributed by atoms with E-state index in [0.717, 1.165) is 73.9 Å². The van der Waals surface area contributed by atoms with Gasteiger partial charge in [0.05, 0.1) is 5.69 Å². The van der Waals surface area contributed by atoms with Crippen LogP contribution in [0.25, 0.3) is 11.8 Å². The Morgan fingerprint density at radius 1 is 1.09 bits per heavy atom. The first-order valence-corrected chi connectivity index (χ1v) is 12.2. The highest BCUT2D eigenvalue weighted by Crippen LogP contribution is 2.32. The van der Waals surface area contributed by atoms with Gasteiger partial charge in [0.2, 0.25) is 0 Å². The van der Waals surface area contributed by atoms with E-state index in [2.05, 4.69) is 35.6 Å². The van der Waals surface area contributed by atoms with Crippen LogP contribution in [0.3, 0.4) is 0 Å². The van der Waals surface area contributed by atoms with Gasteiger partial charge in [0.15, 0.2) is 0 Å². The van der Waals surface area contributed by atoms with Gasteiger partial charge in [0.25, 0.3) is 5.56 Å². The maximum Gasteiger partial charge on any atom is 0.328 e. The molecular weight excluding hydrogens is 426 g/mol. The van der Waals surface area contributed by atoms with E-state index in [1.165, 1.54) is 5.56 Å². The summed E-state index contributed by atoms with van der Waals surface area (Å²) >= 11 is 0. The van der Waals surface area contributed by atoms with E-state index in [1.54, 1.807) is 6.08 Å². The molecule has 0 spiro atoms. The zero-order chi connectivity index (χ0) is 24.1. The zero-order valence-electron chi connectivity index (χ0n) is 20.0. The van der Waals surface area contributed by atoms with Gasteiger partial charge in [-0.2, -0.15) is 0 Å². The Bertz CT molecular complexity index is 1210. The molecule has 178 valence electrons. The number of carboxylic acids is 1. The number of likely N-dealkylation sites (tertiary alicyclic amines) is 1. The molecule has 0 saturated carbocycles. The number of hydrogen-bond donors (Lipinski definition) is 1. The maximum atomic E-state index is 13.5. The first-order chi connectivity index (χ1) is 16.5. The maximum absolute atomic E-state index is 13.5. The Morgan fingerprint density at radius 3 is 2.47 bits per heavy atom. The van der Waals surface area contributed by atoms with Crippen LogP contribution >= 0.6 is 0 Å². The number of para-hydroxylation sites is 1. The first-order valence-electron chi connectivity index (χ1n) is 12.2. The van der Waals surface area contributed by atoms with Crippen molar-refractivity contribution < 1.29 is 9.90 Å². The van der Waals surface area contributed by atoms with Crippen molar-refractivity contribution in [3.8, 4) is 5.69 Å². The molecule has 6 nitrogen and oxygen atoms in total. The molecule has 6 heteroatoms. The van der Waals surface area contributed by atoms with Crippen LogP contribution in [0.1, 0.15) is 55.1 Å². The van der Waals surface area contributed by atoms with Gasteiger partial charge in [-0.3, -0.25) is 14.4 Å². The van der Waals surface area contributed by atoms with Crippen molar-refractivity contribution in [1.29, 1.82) is 0 Å². The molecule has 0 unspecified atom stereocenters. The highest BCUT2D eigenvalue weighted by Gasteiger charge is 2.27. The number of nitrogens with zero attached hydrogens (tertiary/aromatic N) is 3. The summed E-state index contributed by atoms with van der Waals surface area (Å²) in [5.74, 6) is -0.944. The largest absolute Gasteiger partial charge is 0.478 e. The molecule has 0 amide bonds. The van der Waals surface area contributed by atoms with Crippen molar-refractivity contribution >= 4 is 12.0 Å². The molecule has 1 aromatic heterocycles. The Kier molecular flexibility index (Phi) is 7.48. The fourth-order valence-corrected chi connectivity index (χ4v) is 5.17. The average Bonchev–Trinajstić information content (AvgIpc) is 3.43. The molecule has 1 N–H and O–H groups in total. The van der Waals surface area contributed by atoms with E-state index in [-0.39, 0.29) is 5.56 Å². The third kappa shape index (κ3) is 4.92. The summed E-state index contributed by atoms with van der Waals surface area (Å²) in [6.07, 6.45) is 6.56. The van der Waals surface area contributed by atoms with Gasteiger partial charge in [-0.1, -0.05) is 49.4 Å². The van der Waals surface area contributed by atoms with Crippen LogP contribution in [0.5, 0.6) is 0 Å². The molecule has 1 aliphatic heterocycles. The number of aromatic nitrogens is 2. The van der Waals surface area contributed by atoms with E-state index >= 15 is 0 Å². The molecule has 1 aliphatic rings. The van der Waals surface area contributed by atoms with Crippen LogP contribution in [-0.4, -0.2) is 38.4 Å². The van der Waals surface area contributed by atoms with Gasteiger partial charge in [-0.15, -0.1) is 0 Å². The summed E-state index contributed by atoms with van der Waals surface area (Å²) in [7, 11) is 0. The van der Waals surface area contributed by atoms with Crippen LogP contribution in [0.15, 0.2) is 65.5 Å². The molecule has 3 aromatic rings. The quantitative estimate of drug-likeness (QED) is 0.471. The molecule has 1 atom stereocenters. The lowest BCUT2D eigenvalue weighted by Gasteiger charge is -2.25. The van der Waals surface area contributed by atoms with Crippen LogP contribution in [0.4, 0.5) is 0 Å². The molecule has 0 aliphatic carbocycles. The van der Waals surface area contributed by atoms with E-state index in [4.69, 9.17) is 5.11 Å². The molecule has 0 radical (unpaired) electrons. The second-order valence-electron chi connectivity index (χ2n) is 8.73. The van der Waals surface area contributed by atoms with Crippen molar-refractivity contribution in [2.75, 3.05) is 13.1 Å². The van der Waals surface area contributed by atoms with Crippen molar-refractivity contribution in [3.63, 3.8) is 0 Å². The SMILES string of the molecule is CCc1c(CCN2CCC[C@H]2c2ccc(/C=C/C(=O)O)cc2)c(=O)n(-c2ccccc2)n1CC. The molecule has 0 bridgehead atoms. The summed E-state index contributed by atoms with van der Waals surface area (Å²) in [4.78, 5) is 26.7. The summed E-state index contributed by atoms with van der Waals surface area (Å²) in [5.41, 5.74) is 5.18. The average molecular weight is 460 g/mol. The van der Waals surface area contributed by atoms with Gasteiger partial charge < -0.3 is 5.11 Å². The predicted octanol–water partition coefficient (Wildman–Crippen LogP) is 4.70. The van der Waals surface area contributed by atoms with E-state index in [1.807, 2.05) is 47.1 Å². The van der Waals surface area contributed by atoms with Gasteiger partial charge in [0.1, 0.15) is 0 Å². The van der Waals surface area contributed by atoms with Gasteiger partial charge in [-0.05, 0) is 68.5 Å². The van der Waals surface area contributed by atoms with Crippen LogP contribution < -0.4 is 5.56 Å². The number of carboxylic acid groups (broad SMARTS) is 1. The second-order valence-corrected chi connectivity index (χ2v) is 8.73. The van der Waals surface area contributed by atoms with Crippen molar-refractivity contribution in [2.24, 2.45) is 0 Å². The summed E-state index contributed by atoms with van der Waals surface area (Å²) in [5, 5.41) is 8.83. The van der Waals surface area contributed by atoms with Crippen molar-refractivity contribution in [2.45, 2.75) is 52.1 Å². The van der Waals surface area contributed by atoms with Gasteiger partial charge >= 0.3 is 5.97 Å². The second kappa shape index (κ2) is 10.7. The number of benzene rings is 2. The summed E-state index contributed by atoms with van der Waals surface area (Å²) in [6.45, 7) is 6.83. The van der Waals surface area contributed by atoms with E-state index in [0.29, 0.717) is 6.04 Å². The Labute approximate surface area is 200 Å². The molecule has 34 heavy (non-hydrogen) atoms. The minimum absolute atomic E-state index is 0.0928. The van der Waals surface area contributed by atoms with Crippen LogP contribution in [0.2, 0.25) is 0 Å². The number of rotatable bonds is 9. The summed E-state index contributed by atoms with van der Waals surface area (Å²) in [6, 6.07) is 18.3. The standard InChI is InChI=1S/C28H33N3O3/c1-3-25-24(28(34)31(30(25)4-2)23-9-6-5-7-10-23)18-20-29-19-8-11-26(29)22-15-12-21(13-16-22)14-17-27(32)33/h5-7,9-10,12-17,26H,3-4,8,11,18-20H2,1-2H3,(H,32,33)/b17-14+/t26-/m0/s1. The van der Waals surface area contributed by atoms with Gasteiger partial charge in [-0.25, -0.2) is 9.48 Å². The minimum atomic E-state index is -0.944. The van der Waals surface area contributed by atoms with Gasteiger partial charge in [0, 0.05) is 36.5 Å². The predicted molar refractivity (Wildman–Crippen MR) is 135 cm³/mol. The van der Waals surface area contributed by atoms with Crippen molar-refractivity contribution in [3.05, 3.63) is 93.4 Å². The van der Waals surface area contributed by atoms with Crippen molar-refractivity contribution in [1.82, 2.24) is 14.3 Å². The molecule has 1 fully saturated rings. The topological polar surface area (TPSA) is 67.5 Å². The smallest absolute Gasteiger partial charge is 0.328 e. The Balaban J connectivity index is 1.54. The molecule has 4 rings (SSSR count). The first kappa shape index (κ1) is 23.8. The zero-order valence-corrected chi connectivity index (χ0v) is 20.0. The molecular formula is C28H33N3O3.